The lowest BCUT2D eigenvalue weighted by atomic mass is 10.2. The number of aldehydes is 1. The fourth-order valence-electron chi connectivity index (χ4n) is 2.11. The molecule has 2 aromatic rings. The molecule has 0 unspecified atom stereocenters. The molecule has 0 N–H and O–H groups in total. The third kappa shape index (κ3) is 3.42. The van der Waals surface area contributed by atoms with E-state index in [1.165, 1.54) is 0 Å². The molecule has 1 aromatic heterocycles. The number of benzene rings is 1. The summed E-state index contributed by atoms with van der Waals surface area (Å²) in [4.78, 5) is 11.1. The SMILES string of the molecule is CCc1cc(COc2ccc(OC)cc2C=O)n(CC)n1. The number of hydrogen-bond acceptors (Lipinski definition) is 4. The predicted molar refractivity (Wildman–Crippen MR) is 80.0 cm³/mol. The number of aryl methyl sites for hydroxylation is 2. The summed E-state index contributed by atoms with van der Waals surface area (Å²) in [6.07, 6.45) is 1.66. The molecule has 0 saturated carbocycles. The van der Waals surface area contributed by atoms with Crippen LogP contribution in [0.3, 0.4) is 0 Å². The highest BCUT2D eigenvalue weighted by molar-refractivity contribution is 5.80. The minimum Gasteiger partial charge on any atom is -0.497 e. The number of rotatable bonds is 7. The van der Waals surface area contributed by atoms with Crippen molar-refractivity contribution in [2.75, 3.05) is 7.11 Å². The highest BCUT2D eigenvalue weighted by Crippen LogP contribution is 2.23. The standard InChI is InChI=1S/C16H20N2O3/c1-4-13-9-14(18(5-2)17-13)11-21-16-7-6-15(20-3)8-12(16)10-19/h6-10H,4-5,11H2,1-3H3. The van der Waals surface area contributed by atoms with E-state index < -0.39 is 0 Å². The summed E-state index contributed by atoms with van der Waals surface area (Å²) in [5.41, 5.74) is 2.52. The van der Waals surface area contributed by atoms with Gasteiger partial charge in [0.2, 0.25) is 0 Å². The van der Waals surface area contributed by atoms with Crippen LogP contribution in [0, 0.1) is 0 Å². The molecule has 1 aromatic carbocycles. The largest absolute Gasteiger partial charge is 0.497 e. The first kappa shape index (κ1) is 15.1. The average Bonchev–Trinajstić information content (AvgIpc) is 2.95. The maximum absolute atomic E-state index is 11.1. The van der Waals surface area contributed by atoms with E-state index in [1.807, 2.05) is 17.7 Å². The van der Waals surface area contributed by atoms with E-state index in [0.29, 0.717) is 23.7 Å². The lowest BCUT2D eigenvalue weighted by molar-refractivity contribution is 0.111. The van der Waals surface area contributed by atoms with Gasteiger partial charge >= 0.3 is 0 Å². The third-order valence-electron chi connectivity index (χ3n) is 3.30. The number of aromatic nitrogens is 2. The predicted octanol–water partition coefficient (Wildman–Crippen LogP) is 2.87. The van der Waals surface area contributed by atoms with Crippen molar-refractivity contribution in [3.63, 3.8) is 0 Å². The van der Waals surface area contributed by atoms with Crippen molar-refractivity contribution in [2.24, 2.45) is 0 Å². The first-order valence-electron chi connectivity index (χ1n) is 7.03. The Hall–Kier alpha value is -2.30. The lowest BCUT2D eigenvalue weighted by Crippen LogP contribution is -2.07. The van der Waals surface area contributed by atoms with Gasteiger partial charge in [0.1, 0.15) is 18.1 Å². The van der Waals surface area contributed by atoms with Crippen LogP contribution in [0.4, 0.5) is 0 Å². The molecular formula is C16H20N2O3. The first-order chi connectivity index (χ1) is 10.2. The summed E-state index contributed by atoms with van der Waals surface area (Å²) in [5.74, 6) is 1.18. The smallest absolute Gasteiger partial charge is 0.153 e. The van der Waals surface area contributed by atoms with Crippen LogP contribution in [-0.4, -0.2) is 23.2 Å². The van der Waals surface area contributed by atoms with E-state index >= 15 is 0 Å². The number of hydrogen-bond donors (Lipinski definition) is 0. The van der Waals surface area contributed by atoms with Crippen molar-refractivity contribution < 1.29 is 14.3 Å². The molecule has 0 spiro atoms. The Labute approximate surface area is 124 Å². The van der Waals surface area contributed by atoms with Crippen molar-refractivity contribution in [1.82, 2.24) is 9.78 Å². The maximum atomic E-state index is 11.1. The normalized spacial score (nSPS) is 10.4. The van der Waals surface area contributed by atoms with E-state index in [0.717, 1.165) is 30.6 Å². The van der Waals surface area contributed by atoms with Crippen LogP contribution in [0.1, 0.15) is 35.6 Å². The summed E-state index contributed by atoms with van der Waals surface area (Å²) in [6, 6.07) is 7.22. The van der Waals surface area contributed by atoms with Crippen LogP contribution < -0.4 is 9.47 Å². The van der Waals surface area contributed by atoms with Gasteiger partial charge in [0.25, 0.3) is 0 Å². The van der Waals surface area contributed by atoms with Gasteiger partial charge in [0.05, 0.1) is 24.1 Å². The molecule has 0 radical (unpaired) electrons. The number of methoxy groups -OCH3 is 1. The molecule has 0 fully saturated rings. The van der Waals surface area contributed by atoms with E-state index in [9.17, 15) is 4.79 Å². The molecule has 5 nitrogen and oxygen atoms in total. The Kier molecular flexibility index (Phi) is 4.98. The van der Waals surface area contributed by atoms with Gasteiger partial charge in [-0.1, -0.05) is 6.92 Å². The van der Waals surface area contributed by atoms with E-state index in [4.69, 9.17) is 9.47 Å². The fraction of sp³-hybridized carbons (Fsp3) is 0.375. The molecule has 0 amide bonds. The Morgan fingerprint density at radius 2 is 2.10 bits per heavy atom. The van der Waals surface area contributed by atoms with Crippen molar-refractivity contribution >= 4 is 6.29 Å². The molecule has 112 valence electrons. The minimum atomic E-state index is 0.383. The quantitative estimate of drug-likeness (QED) is 0.735. The maximum Gasteiger partial charge on any atom is 0.153 e. The topological polar surface area (TPSA) is 53.4 Å². The van der Waals surface area contributed by atoms with Crippen molar-refractivity contribution in [3.8, 4) is 11.5 Å². The summed E-state index contributed by atoms with van der Waals surface area (Å²) in [7, 11) is 1.57. The van der Waals surface area contributed by atoms with Crippen molar-refractivity contribution in [2.45, 2.75) is 33.4 Å². The molecular weight excluding hydrogens is 268 g/mol. The van der Waals surface area contributed by atoms with Crippen molar-refractivity contribution in [1.29, 1.82) is 0 Å². The zero-order chi connectivity index (χ0) is 15.2. The zero-order valence-electron chi connectivity index (χ0n) is 12.6. The summed E-state index contributed by atoms with van der Waals surface area (Å²) in [6.45, 7) is 5.29. The molecule has 5 heteroatoms. The van der Waals surface area contributed by atoms with Gasteiger partial charge in [-0.2, -0.15) is 5.10 Å². The van der Waals surface area contributed by atoms with Gasteiger partial charge in [-0.3, -0.25) is 9.48 Å². The zero-order valence-corrected chi connectivity index (χ0v) is 12.6. The monoisotopic (exact) mass is 288 g/mol. The number of nitrogens with zero attached hydrogens (tertiary/aromatic N) is 2. The van der Waals surface area contributed by atoms with Gasteiger partial charge < -0.3 is 9.47 Å². The number of ether oxygens (including phenoxy) is 2. The average molecular weight is 288 g/mol. The summed E-state index contributed by atoms with van der Waals surface area (Å²) < 4.78 is 12.8. The molecule has 1 heterocycles. The van der Waals surface area contributed by atoms with Crippen LogP contribution in [-0.2, 0) is 19.6 Å². The Morgan fingerprint density at radius 1 is 1.29 bits per heavy atom. The summed E-state index contributed by atoms with van der Waals surface area (Å²) >= 11 is 0. The van der Waals surface area contributed by atoms with Crippen molar-refractivity contribution in [3.05, 3.63) is 41.2 Å². The second-order valence-corrected chi connectivity index (χ2v) is 4.61. The summed E-state index contributed by atoms with van der Waals surface area (Å²) in [5, 5.41) is 4.48. The van der Waals surface area contributed by atoms with E-state index in [1.54, 1.807) is 25.3 Å². The lowest BCUT2D eigenvalue weighted by Gasteiger charge is -2.10. The molecule has 21 heavy (non-hydrogen) atoms. The first-order valence-corrected chi connectivity index (χ1v) is 7.03. The third-order valence-corrected chi connectivity index (χ3v) is 3.30. The molecule has 0 bridgehead atoms. The second kappa shape index (κ2) is 6.92. The van der Waals surface area contributed by atoms with Crippen LogP contribution in [0.15, 0.2) is 24.3 Å². The van der Waals surface area contributed by atoms with Gasteiger partial charge in [0, 0.05) is 6.54 Å². The van der Waals surface area contributed by atoms with Crippen LogP contribution in [0.25, 0.3) is 0 Å². The van der Waals surface area contributed by atoms with Gasteiger partial charge in [0.15, 0.2) is 6.29 Å². The Balaban J connectivity index is 2.16. The molecule has 0 aliphatic rings. The van der Waals surface area contributed by atoms with Gasteiger partial charge in [-0.05, 0) is 37.6 Å². The van der Waals surface area contributed by atoms with Gasteiger partial charge in [-0.25, -0.2) is 0 Å². The fourth-order valence-corrected chi connectivity index (χ4v) is 2.11. The molecule has 0 atom stereocenters. The number of carbonyl (C=O) groups is 1. The van der Waals surface area contributed by atoms with Gasteiger partial charge in [-0.15, -0.1) is 0 Å². The van der Waals surface area contributed by atoms with E-state index in [2.05, 4.69) is 12.0 Å². The molecule has 2 rings (SSSR count). The Bertz CT molecular complexity index is 620. The van der Waals surface area contributed by atoms with Crippen LogP contribution in [0.5, 0.6) is 11.5 Å². The second-order valence-electron chi connectivity index (χ2n) is 4.61. The minimum absolute atomic E-state index is 0.383. The van der Waals surface area contributed by atoms with Crippen LogP contribution in [0.2, 0.25) is 0 Å². The highest BCUT2D eigenvalue weighted by atomic mass is 16.5. The Morgan fingerprint density at radius 3 is 2.71 bits per heavy atom. The highest BCUT2D eigenvalue weighted by Gasteiger charge is 2.09. The number of carbonyl (C=O) groups excluding carboxylic acids is 1. The molecule has 0 aliphatic carbocycles. The van der Waals surface area contributed by atoms with Crippen LogP contribution >= 0.6 is 0 Å². The molecule has 0 aliphatic heterocycles. The molecule has 0 saturated heterocycles. The van der Waals surface area contributed by atoms with E-state index in [-0.39, 0.29) is 0 Å².